The van der Waals surface area contributed by atoms with Gasteiger partial charge < -0.3 is 26.1 Å². The van der Waals surface area contributed by atoms with Crippen LogP contribution in [0.15, 0.2) is 47.0 Å². The molecule has 1 unspecified atom stereocenters. The summed E-state index contributed by atoms with van der Waals surface area (Å²) in [4.78, 5) is 63.0. The molecule has 6 N–H and O–H groups in total. The molecule has 1 saturated heterocycles. The molecule has 2 aliphatic rings. The number of carbonyl (C=O) groups is 4. The number of carbonyl (C=O) groups excluding carboxylic acids is 2. The number of carboxylic acid groups (broad SMARTS) is 2. The molecule has 0 radical (unpaired) electrons. The number of H-pyrrole nitrogens is 1. The number of nitrogens with two attached hydrogens (primary N) is 1. The van der Waals surface area contributed by atoms with Crippen LogP contribution in [0.25, 0.3) is 11.0 Å². The van der Waals surface area contributed by atoms with Crippen LogP contribution < -0.4 is 15.6 Å². The first-order chi connectivity index (χ1) is 19.1. The number of nitrogen functional groups attached to an aromatic ring is 1. The zero-order valence-corrected chi connectivity index (χ0v) is 22.9. The highest BCUT2D eigenvalue weighted by Crippen LogP contribution is 2.40. The Balaban J connectivity index is 1.38. The van der Waals surface area contributed by atoms with Crippen molar-refractivity contribution in [1.29, 1.82) is 0 Å². The van der Waals surface area contributed by atoms with E-state index in [0.29, 0.717) is 11.3 Å². The highest BCUT2D eigenvalue weighted by Gasteiger charge is 2.54. The lowest BCUT2D eigenvalue weighted by Crippen LogP contribution is -2.71. The third kappa shape index (κ3) is 4.96. The highest BCUT2D eigenvalue weighted by molar-refractivity contribution is 8.00. The fraction of sp³-hybridized carbons (Fsp3) is 0.261. The lowest BCUT2D eigenvalue weighted by Gasteiger charge is -2.49. The van der Waals surface area contributed by atoms with Gasteiger partial charge in [0.25, 0.3) is 17.5 Å². The summed E-state index contributed by atoms with van der Waals surface area (Å²) < 4.78 is 1.87. The number of halogens is 1. The van der Waals surface area contributed by atoms with Crippen LogP contribution in [-0.2, 0) is 30.6 Å². The van der Waals surface area contributed by atoms with Gasteiger partial charge in [-0.15, -0.1) is 11.8 Å². The van der Waals surface area contributed by atoms with Crippen LogP contribution in [0, 0.1) is 0 Å². The lowest BCUT2D eigenvalue weighted by molar-refractivity contribution is -0.664. The van der Waals surface area contributed by atoms with Gasteiger partial charge in [-0.3, -0.25) is 14.5 Å². The number of anilines is 1. The average molecular weight is 607 g/mol. The summed E-state index contributed by atoms with van der Waals surface area (Å²) in [5.41, 5.74) is 6.24. The maximum atomic E-state index is 13.2. The molecule has 3 atom stereocenters. The number of nitrogens with one attached hydrogen (secondary N) is 2. The van der Waals surface area contributed by atoms with E-state index in [0.717, 1.165) is 27.3 Å². The second-order valence-corrected chi connectivity index (χ2v) is 11.5. The molecule has 40 heavy (non-hydrogen) atoms. The van der Waals surface area contributed by atoms with E-state index in [1.807, 2.05) is 29.0 Å². The Kier molecular flexibility index (Phi) is 7.39. The predicted molar refractivity (Wildman–Crippen MR) is 144 cm³/mol. The third-order valence-corrected chi connectivity index (χ3v) is 8.60. The Labute approximate surface area is 238 Å². The van der Waals surface area contributed by atoms with Gasteiger partial charge in [-0.05, 0) is 25.1 Å². The van der Waals surface area contributed by atoms with Gasteiger partial charge in [0.2, 0.25) is 6.10 Å². The van der Waals surface area contributed by atoms with E-state index in [9.17, 15) is 24.3 Å². The van der Waals surface area contributed by atoms with Crippen molar-refractivity contribution < 1.29 is 38.8 Å². The normalized spacial score (nSPS) is 19.7. The number of rotatable bonds is 9. The molecular weight excluding hydrogens is 586 g/mol. The van der Waals surface area contributed by atoms with Crippen LogP contribution in [-0.4, -0.2) is 77.8 Å². The SMILES string of the molecule is C[C@H](O/N=C(\C(=O)N[C@@H]1C(=O)N2C(C(=O)O)=C(C[n+]3cccc4cc[nH]c43)CSC12)c1nc(N)sc1Cl)C(=O)O. The number of amides is 2. The molecule has 2 amide bonds. The van der Waals surface area contributed by atoms with Crippen LogP contribution in [0.3, 0.4) is 0 Å². The Bertz CT molecular complexity index is 1620. The number of β-lactam (4-membered cyclic amide) rings is 1. The van der Waals surface area contributed by atoms with Crippen LogP contribution in [0.2, 0.25) is 4.34 Å². The molecule has 0 bridgehead atoms. The molecule has 17 heteroatoms. The Hall–Kier alpha value is -4.15. The van der Waals surface area contributed by atoms with E-state index in [1.54, 1.807) is 6.20 Å². The number of thioether (sulfide) groups is 1. The largest absolute Gasteiger partial charge is 0.478 e. The summed E-state index contributed by atoms with van der Waals surface area (Å²) in [6.45, 7) is 1.44. The van der Waals surface area contributed by atoms with Gasteiger partial charge in [0.15, 0.2) is 10.8 Å². The van der Waals surface area contributed by atoms with Gasteiger partial charge >= 0.3 is 11.9 Å². The number of thiazole rings is 1. The fourth-order valence-electron chi connectivity index (χ4n) is 4.27. The molecule has 0 spiro atoms. The minimum atomic E-state index is -1.40. The first kappa shape index (κ1) is 27.4. The minimum absolute atomic E-state index is 0.00177. The maximum Gasteiger partial charge on any atom is 0.352 e. The van der Waals surface area contributed by atoms with Crippen molar-refractivity contribution in [3.63, 3.8) is 0 Å². The summed E-state index contributed by atoms with van der Waals surface area (Å²) in [6.07, 6.45) is 2.19. The lowest BCUT2D eigenvalue weighted by atomic mass is 10.0. The van der Waals surface area contributed by atoms with Crippen molar-refractivity contribution in [3.05, 3.63) is 51.9 Å². The van der Waals surface area contributed by atoms with E-state index in [-0.39, 0.29) is 27.4 Å². The average Bonchev–Trinajstić information content (AvgIpc) is 3.53. The van der Waals surface area contributed by atoms with Crippen molar-refractivity contribution in [3.8, 4) is 0 Å². The smallest absolute Gasteiger partial charge is 0.352 e. The molecule has 2 aliphatic heterocycles. The molecule has 14 nitrogen and oxygen atoms in total. The quantitative estimate of drug-likeness (QED) is 0.100. The van der Waals surface area contributed by atoms with Crippen molar-refractivity contribution in [2.75, 3.05) is 11.5 Å². The number of hydrogen-bond acceptors (Lipinski definition) is 10. The Morgan fingerprint density at radius 2 is 2.17 bits per heavy atom. The third-order valence-electron chi connectivity index (χ3n) is 6.17. The number of nitrogens with zero attached hydrogens (tertiary/aromatic N) is 4. The molecule has 0 aromatic carbocycles. The number of aliphatic carboxylic acids is 2. The second kappa shape index (κ2) is 10.8. The molecule has 5 rings (SSSR count). The van der Waals surface area contributed by atoms with Gasteiger partial charge in [0.1, 0.15) is 33.7 Å². The molecule has 0 aliphatic carbocycles. The van der Waals surface area contributed by atoms with Gasteiger partial charge in [-0.25, -0.2) is 24.1 Å². The zero-order chi connectivity index (χ0) is 28.7. The molecule has 3 aromatic heterocycles. The number of oxime groups is 1. The van der Waals surface area contributed by atoms with E-state index in [2.05, 4.69) is 20.4 Å². The van der Waals surface area contributed by atoms with Crippen LogP contribution in [0.1, 0.15) is 12.6 Å². The standard InChI is InChI=1S/C23H20ClN7O7S2/c1-9(21(34)35)38-29-13(12-16(24)40-23(25)28-12)18(32)27-14-19(33)31-15(22(36)37)11(8-39-20(14)31)7-30-6-2-3-10-4-5-26-17(10)30/h2-6,9,14,20H,7-8H2,1H3,(H5,25,27,28,32,34,35,36,37)/p+1/b29-13-/t9-,14+,20?/m0/s1. The maximum absolute atomic E-state index is 13.2. The zero-order valence-electron chi connectivity index (χ0n) is 20.5. The molecular formula is C23H21ClN7O7S2+. The van der Waals surface area contributed by atoms with Crippen LogP contribution in [0.5, 0.6) is 0 Å². The highest BCUT2D eigenvalue weighted by atomic mass is 35.5. The number of aromatic amines is 1. The van der Waals surface area contributed by atoms with Gasteiger partial charge in [-0.1, -0.05) is 28.1 Å². The molecule has 0 saturated carbocycles. The van der Waals surface area contributed by atoms with Crippen molar-refractivity contribution in [2.24, 2.45) is 5.16 Å². The minimum Gasteiger partial charge on any atom is -0.478 e. The Morgan fingerprint density at radius 3 is 2.85 bits per heavy atom. The van der Waals surface area contributed by atoms with Crippen molar-refractivity contribution in [1.82, 2.24) is 20.2 Å². The van der Waals surface area contributed by atoms with E-state index in [4.69, 9.17) is 27.3 Å². The second-order valence-electron chi connectivity index (χ2n) is 8.74. The number of fused-ring (bicyclic) bond motifs is 2. The predicted octanol–water partition coefficient (Wildman–Crippen LogP) is 0.780. The number of hydrogen-bond donors (Lipinski definition) is 5. The molecule has 5 heterocycles. The first-order valence-electron chi connectivity index (χ1n) is 11.6. The summed E-state index contributed by atoms with van der Waals surface area (Å²) in [5.74, 6) is -3.86. The number of aromatic nitrogens is 3. The molecule has 3 aromatic rings. The monoisotopic (exact) mass is 606 g/mol. The van der Waals surface area contributed by atoms with E-state index in [1.165, 1.54) is 18.7 Å². The number of pyridine rings is 1. The van der Waals surface area contributed by atoms with E-state index < -0.39 is 47.0 Å². The molecule has 1 fully saturated rings. The van der Waals surface area contributed by atoms with Crippen LogP contribution >= 0.6 is 34.7 Å². The van der Waals surface area contributed by atoms with Gasteiger partial charge in [0, 0.05) is 11.3 Å². The topological polar surface area (TPSA) is 204 Å². The summed E-state index contributed by atoms with van der Waals surface area (Å²) in [5, 5.41) is 25.5. The van der Waals surface area contributed by atoms with Crippen LogP contribution in [0.4, 0.5) is 5.13 Å². The summed E-state index contributed by atoms with van der Waals surface area (Å²) in [7, 11) is 0. The van der Waals surface area contributed by atoms with Gasteiger partial charge in [0.05, 0.1) is 17.8 Å². The fourth-order valence-corrected chi connectivity index (χ4v) is 6.53. The molecule has 208 valence electrons. The summed E-state index contributed by atoms with van der Waals surface area (Å²) in [6, 6.07) is 4.57. The Morgan fingerprint density at radius 1 is 1.40 bits per heavy atom. The number of carboxylic acids is 2. The van der Waals surface area contributed by atoms with E-state index >= 15 is 0 Å². The first-order valence-corrected chi connectivity index (χ1v) is 13.9. The summed E-state index contributed by atoms with van der Waals surface area (Å²) >= 11 is 8.30. The van der Waals surface area contributed by atoms with Crippen molar-refractivity contribution in [2.45, 2.75) is 31.0 Å². The van der Waals surface area contributed by atoms with Crippen molar-refractivity contribution >= 4 is 80.3 Å². The van der Waals surface area contributed by atoms with Gasteiger partial charge in [-0.2, -0.15) is 0 Å².